The largest absolute Gasteiger partial charge is 0.381 e. The third-order valence-electron chi connectivity index (χ3n) is 3.04. The molecule has 1 N–H and O–H groups in total. The highest BCUT2D eigenvalue weighted by Gasteiger charge is 2.01. The van der Waals surface area contributed by atoms with Crippen LogP contribution in [-0.4, -0.2) is 4.98 Å². The summed E-state index contributed by atoms with van der Waals surface area (Å²) in [5.41, 5.74) is 3.02. The summed E-state index contributed by atoms with van der Waals surface area (Å²) in [5.74, 6) is -0.225. The Morgan fingerprint density at radius 3 is 2.58 bits per heavy atom. The summed E-state index contributed by atoms with van der Waals surface area (Å²) in [6.45, 7) is 0.667. The summed E-state index contributed by atoms with van der Waals surface area (Å²) >= 11 is 0. The lowest BCUT2D eigenvalue weighted by Gasteiger charge is -2.08. The number of para-hydroxylation sites is 1. The van der Waals surface area contributed by atoms with Gasteiger partial charge in [0, 0.05) is 23.8 Å². The third kappa shape index (κ3) is 2.55. The number of fused-ring (bicyclic) bond motifs is 1. The summed E-state index contributed by atoms with van der Waals surface area (Å²) in [4.78, 5) is 4.41. The van der Waals surface area contributed by atoms with Crippen LogP contribution in [0.15, 0.2) is 60.8 Å². The SMILES string of the molecule is Fc1ccc(NCc2cccc3cccnc23)cc1. The van der Waals surface area contributed by atoms with E-state index in [-0.39, 0.29) is 5.82 Å². The summed E-state index contributed by atoms with van der Waals surface area (Å²) in [7, 11) is 0. The van der Waals surface area contributed by atoms with Crippen LogP contribution in [-0.2, 0) is 6.54 Å². The predicted octanol–water partition coefficient (Wildman–Crippen LogP) is 3.99. The van der Waals surface area contributed by atoms with Crippen molar-refractivity contribution >= 4 is 16.6 Å². The molecule has 0 saturated carbocycles. The molecule has 1 aromatic heterocycles. The molecule has 0 unspecified atom stereocenters. The molecule has 3 aromatic rings. The van der Waals surface area contributed by atoms with Crippen LogP contribution in [0.1, 0.15) is 5.56 Å². The molecular formula is C16H13FN2. The van der Waals surface area contributed by atoms with Crippen molar-refractivity contribution in [3.63, 3.8) is 0 Å². The van der Waals surface area contributed by atoms with Gasteiger partial charge in [-0.05, 0) is 35.9 Å². The zero-order valence-electron chi connectivity index (χ0n) is 10.3. The van der Waals surface area contributed by atoms with Gasteiger partial charge in [0.15, 0.2) is 0 Å². The van der Waals surface area contributed by atoms with E-state index >= 15 is 0 Å². The van der Waals surface area contributed by atoms with Crippen molar-refractivity contribution in [2.75, 3.05) is 5.32 Å². The first-order chi connectivity index (χ1) is 9.33. The van der Waals surface area contributed by atoms with Crippen molar-refractivity contribution in [2.24, 2.45) is 0 Å². The highest BCUT2D eigenvalue weighted by molar-refractivity contribution is 5.81. The Bertz CT molecular complexity index is 687. The molecule has 0 spiro atoms. The number of pyridine rings is 1. The van der Waals surface area contributed by atoms with Crippen LogP contribution < -0.4 is 5.32 Å². The Morgan fingerprint density at radius 1 is 0.947 bits per heavy atom. The van der Waals surface area contributed by atoms with Gasteiger partial charge < -0.3 is 5.32 Å². The van der Waals surface area contributed by atoms with Crippen molar-refractivity contribution in [1.29, 1.82) is 0 Å². The van der Waals surface area contributed by atoms with Crippen LogP contribution in [0.3, 0.4) is 0 Å². The number of hydrogen-bond acceptors (Lipinski definition) is 2. The maximum atomic E-state index is 12.8. The lowest BCUT2D eigenvalue weighted by atomic mass is 10.1. The first kappa shape index (κ1) is 11.7. The van der Waals surface area contributed by atoms with Crippen molar-refractivity contribution in [1.82, 2.24) is 4.98 Å². The fourth-order valence-electron chi connectivity index (χ4n) is 2.08. The van der Waals surface area contributed by atoms with Crippen LogP contribution in [0.5, 0.6) is 0 Å². The zero-order valence-corrected chi connectivity index (χ0v) is 10.3. The number of benzene rings is 2. The van der Waals surface area contributed by atoms with Crippen molar-refractivity contribution in [3.05, 3.63) is 72.2 Å². The first-order valence-corrected chi connectivity index (χ1v) is 6.15. The van der Waals surface area contributed by atoms with E-state index in [0.717, 1.165) is 22.2 Å². The summed E-state index contributed by atoms with van der Waals surface area (Å²) in [5, 5.41) is 4.40. The molecule has 19 heavy (non-hydrogen) atoms. The molecule has 1 heterocycles. The minimum atomic E-state index is -0.225. The predicted molar refractivity (Wildman–Crippen MR) is 75.5 cm³/mol. The Morgan fingerprint density at radius 2 is 1.74 bits per heavy atom. The van der Waals surface area contributed by atoms with Crippen LogP contribution in [0, 0.1) is 5.82 Å². The number of anilines is 1. The van der Waals surface area contributed by atoms with E-state index in [0.29, 0.717) is 6.54 Å². The van der Waals surface area contributed by atoms with Gasteiger partial charge in [-0.1, -0.05) is 24.3 Å². The van der Waals surface area contributed by atoms with E-state index in [1.807, 2.05) is 30.3 Å². The van der Waals surface area contributed by atoms with Gasteiger partial charge in [0.2, 0.25) is 0 Å². The third-order valence-corrected chi connectivity index (χ3v) is 3.04. The average Bonchev–Trinajstić information content (AvgIpc) is 2.47. The number of nitrogens with zero attached hydrogens (tertiary/aromatic N) is 1. The van der Waals surface area contributed by atoms with Crippen molar-refractivity contribution < 1.29 is 4.39 Å². The van der Waals surface area contributed by atoms with Crippen molar-refractivity contribution in [2.45, 2.75) is 6.54 Å². The topological polar surface area (TPSA) is 24.9 Å². The van der Waals surface area contributed by atoms with Gasteiger partial charge >= 0.3 is 0 Å². The molecule has 3 rings (SSSR count). The van der Waals surface area contributed by atoms with Crippen LogP contribution >= 0.6 is 0 Å². The van der Waals surface area contributed by atoms with Gasteiger partial charge in [-0.3, -0.25) is 4.98 Å². The normalized spacial score (nSPS) is 10.6. The van der Waals surface area contributed by atoms with E-state index in [9.17, 15) is 4.39 Å². The number of halogens is 1. The van der Waals surface area contributed by atoms with E-state index < -0.39 is 0 Å². The maximum Gasteiger partial charge on any atom is 0.123 e. The molecule has 0 aliphatic rings. The van der Waals surface area contributed by atoms with Crippen molar-refractivity contribution in [3.8, 4) is 0 Å². The van der Waals surface area contributed by atoms with E-state index in [4.69, 9.17) is 0 Å². The average molecular weight is 252 g/mol. The number of hydrogen-bond donors (Lipinski definition) is 1. The Kier molecular flexibility index (Phi) is 3.11. The number of aromatic nitrogens is 1. The molecule has 3 heteroatoms. The van der Waals surface area contributed by atoms with Gasteiger partial charge in [0.05, 0.1) is 5.52 Å². The molecule has 0 saturated heterocycles. The second-order valence-electron chi connectivity index (χ2n) is 4.35. The fourth-order valence-corrected chi connectivity index (χ4v) is 2.08. The second-order valence-corrected chi connectivity index (χ2v) is 4.35. The van der Waals surface area contributed by atoms with E-state index in [1.54, 1.807) is 18.3 Å². The minimum Gasteiger partial charge on any atom is -0.381 e. The van der Waals surface area contributed by atoms with Gasteiger partial charge in [0.25, 0.3) is 0 Å². The molecule has 0 radical (unpaired) electrons. The fraction of sp³-hybridized carbons (Fsp3) is 0.0625. The molecule has 0 fully saturated rings. The van der Waals surface area contributed by atoms with Gasteiger partial charge in [-0.2, -0.15) is 0 Å². The standard InChI is InChI=1S/C16H13FN2/c17-14-6-8-15(9-7-14)19-11-13-4-1-3-12-5-2-10-18-16(12)13/h1-10,19H,11H2. The van der Waals surface area contributed by atoms with Crippen LogP contribution in [0.25, 0.3) is 10.9 Å². The van der Waals surface area contributed by atoms with Gasteiger partial charge in [0.1, 0.15) is 5.82 Å². The Hall–Kier alpha value is -2.42. The molecule has 2 aromatic carbocycles. The maximum absolute atomic E-state index is 12.8. The first-order valence-electron chi connectivity index (χ1n) is 6.15. The van der Waals surface area contributed by atoms with Crippen LogP contribution in [0.4, 0.5) is 10.1 Å². The molecule has 0 atom stereocenters. The Balaban J connectivity index is 1.84. The molecule has 94 valence electrons. The molecule has 0 bridgehead atoms. The zero-order chi connectivity index (χ0) is 13.1. The monoisotopic (exact) mass is 252 g/mol. The summed E-state index contributed by atoms with van der Waals surface area (Å²) < 4.78 is 12.8. The summed E-state index contributed by atoms with van der Waals surface area (Å²) in [6.07, 6.45) is 1.80. The molecular weight excluding hydrogens is 239 g/mol. The highest BCUT2D eigenvalue weighted by atomic mass is 19.1. The van der Waals surface area contributed by atoms with Gasteiger partial charge in [-0.15, -0.1) is 0 Å². The molecule has 2 nitrogen and oxygen atoms in total. The lowest BCUT2D eigenvalue weighted by Crippen LogP contribution is -2.00. The Labute approximate surface area is 110 Å². The molecule has 0 aliphatic carbocycles. The van der Waals surface area contributed by atoms with E-state index in [1.165, 1.54) is 12.1 Å². The molecule has 0 amide bonds. The minimum absolute atomic E-state index is 0.225. The molecule has 0 aliphatic heterocycles. The van der Waals surface area contributed by atoms with Gasteiger partial charge in [-0.25, -0.2) is 4.39 Å². The number of nitrogens with one attached hydrogen (secondary N) is 1. The summed E-state index contributed by atoms with van der Waals surface area (Å²) in [6, 6.07) is 16.4. The lowest BCUT2D eigenvalue weighted by molar-refractivity contribution is 0.628. The van der Waals surface area contributed by atoms with E-state index in [2.05, 4.69) is 10.3 Å². The quantitative estimate of drug-likeness (QED) is 0.762. The second kappa shape index (κ2) is 5.06. The number of rotatable bonds is 3. The highest BCUT2D eigenvalue weighted by Crippen LogP contribution is 2.17. The smallest absolute Gasteiger partial charge is 0.123 e. The van der Waals surface area contributed by atoms with Crippen LogP contribution in [0.2, 0.25) is 0 Å².